The topological polar surface area (TPSA) is 41.6 Å². The fourth-order valence-electron chi connectivity index (χ4n) is 4.25. The Labute approximate surface area is 156 Å². The highest BCUT2D eigenvalue weighted by Crippen LogP contribution is 2.37. The molecule has 2 heterocycles. The van der Waals surface area contributed by atoms with Crippen molar-refractivity contribution in [1.29, 1.82) is 0 Å². The summed E-state index contributed by atoms with van der Waals surface area (Å²) in [6.45, 7) is 0. The number of aliphatic imine (C=N–C) groups is 1. The van der Waals surface area contributed by atoms with E-state index in [1.165, 1.54) is 24.0 Å². The van der Waals surface area contributed by atoms with Crippen LogP contribution in [0.3, 0.4) is 0 Å². The van der Waals surface area contributed by atoms with Gasteiger partial charge in [-0.3, -0.25) is 0 Å². The van der Waals surface area contributed by atoms with E-state index >= 15 is 0 Å². The summed E-state index contributed by atoms with van der Waals surface area (Å²) in [5.74, 6) is 0.746. The van der Waals surface area contributed by atoms with Crippen molar-refractivity contribution in [2.75, 3.05) is 0 Å². The van der Waals surface area contributed by atoms with Gasteiger partial charge in [0.2, 0.25) is 0 Å². The molecule has 2 aromatic carbocycles. The average Bonchev–Trinajstić information content (AvgIpc) is 3.05. The molecule has 1 saturated heterocycles. The van der Waals surface area contributed by atoms with Crippen molar-refractivity contribution in [1.82, 2.24) is 4.90 Å². The van der Waals surface area contributed by atoms with E-state index in [2.05, 4.69) is 65.6 Å². The number of aryl methyl sites for hydroxylation is 1. The molecule has 0 spiro atoms. The van der Waals surface area contributed by atoms with E-state index in [0.717, 1.165) is 25.2 Å². The lowest BCUT2D eigenvalue weighted by atomic mass is 9.97. The lowest BCUT2D eigenvalue weighted by molar-refractivity contribution is 0.256. The SMILES string of the molecule is Cl.NC1=N[C@@H](c2ccccc2)C[C@H]2CC[C@H](CCc3ccccc3)N12. The summed E-state index contributed by atoms with van der Waals surface area (Å²) < 4.78 is 0. The molecule has 0 saturated carbocycles. The second-order valence-electron chi connectivity index (χ2n) is 6.97. The van der Waals surface area contributed by atoms with Crippen LogP contribution in [-0.4, -0.2) is 22.9 Å². The third kappa shape index (κ3) is 3.82. The van der Waals surface area contributed by atoms with Crippen LogP contribution in [0.15, 0.2) is 65.7 Å². The first-order valence-corrected chi connectivity index (χ1v) is 9.02. The van der Waals surface area contributed by atoms with E-state index < -0.39 is 0 Å². The first-order valence-electron chi connectivity index (χ1n) is 9.02. The molecule has 0 radical (unpaired) electrons. The van der Waals surface area contributed by atoms with Gasteiger partial charge in [0.25, 0.3) is 0 Å². The molecule has 25 heavy (non-hydrogen) atoms. The fraction of sp³-hybridized carbons (Fsp3) is 0.381. The first kappa shape index (κ1) is 17.8. The summed E-state index contributed by atoms with van der Waals surface area (Å²) in [7, 11) is 0. The maximum atomic E-state index is 6.38. The van der Waals surface area contributed by atoms with Crippen LogP contribution in [0.4, 0.5) is 0 Å². The standard InChI is InChI=1S/C21H25N3.ClH/c22-21-23-20(17-9-5-2-6-10-17)15-19-14-13-18(24(19)21)12-11-16-7-3-1-4-8-16;/h1-10,18-20H,11-15H2,(H2,22,23);1H/t18-,19+,20+;/m0./s1. The van der Waals surface area contributed by atoms with Gasteiger partial charge < -0.3 is 10.6 Å². The first-order chi connectivity index (χ1) is 11.8. The Kier molecular flexibility index (Phi) is 5.64. The third-order valence-corrected chi connectivity index (χ3v) is 5.46. The summed E-state index contributed by atoms with van der Waals surface area (Å²) in [6.07, 6.45) is 5.83. The maximum Gasteiger partial charge on any atom is 0.192 e. The van der Waals surface area contributed by atoms with Crippen LogP contribution in [0.2, 0.25) is 0 Å². The van der Waals surface area contributed by atoms with Crippen molar-refractivity contribution >= 4 is 18.4 Å². The van der Waals surface area contributed by atoms with Gasteiger partial charge in [-0.05, 0) is 43.2 Å². The zero-order valence-electron chi connectivity index (χ0n) is 14.4. The molecule has 2 aliphatic heterocycles. The smallest absolute Gasteiger partial charge is 0.192 e. The number of guanidine groups is 1. The quantitative estimate of drug-likeness (QED) is 0.886. The van der Waals surface area contributed by atoms with Crippen molar-refractivity contribution < 1.29 is 0 Å². The predicted molar refractivity (Wildman–Crippen MR) is 106 cm³/mol. The molecule has 2 aromatic rings. The molecule has 0 bridgehead atoms. The molecule has 132 valence electrons. The summed E-state index contributed by atoms with van der Waals surface area (Å²) in [5.41, 5.74) is 9.08. The minimum absolute atomic E-state index is 0. The van der Waals surface area contributed by atoms with Gasteiger partial charge in [-0.1, -0.05) is 60.7 Å². The van der Waals surface area contributed by atoms with Gasteiger partial charge in [0, 0.05) is 12.1 Å². The van der Waals surface area contributed by atoms with Crippen LogP contribution in [0.5, 0.6) is 0 Å². The minimum atomic E-state index is 0. The molecule has 3 nitrogen and oxygen atoms in total. The Balaban J connectivity index is 0.00000182. The van der Waals surface area contributed by atoms with Gasteiger partial charge in [-0.25, -0.2) is 4.99 Å². The number of halogens is 1. The van der Waals surface area contributed by atoms with E-state index in [4.69, 9.17) is 10.7 Å². The Morgan fingerprint density at radius 3 is 2.36 bits per heavy atom. The largest absolute Gasteiger partial charge is 0.370 e. The molecule has 0 amide bonds. The molecule has 1 fully saturated rings. The van der Waals surface area contributed by atoms with Gasteiger partial charge in [-0.2, -0.15) is 0 Å². The zero-order chi connectivity index (χ0) is 16.4. The van der Waals surface area contributed by atoms with E-state index in [1.54, 1.807) is 0 Å². The van der Waals surface area contributed by atoms with E-state index in [9.17, 15) is 0 Å². The second-order valence-corrected chi connectivity index (χ2v) is 6.97. The second kappa shape index (κ2) is 7.92. The van der Waals surface area contributed by atoms with Crippen LogP contribution >= 0.6 is 12.4 Å². The van der Waals surface area contributed by atoms with Gasteiger partial charge >= 0.3 is 0 Å². The zero-order valence-corrected chi connectivity index (χ0v) is 15.2. The van der Waals surface area contributed by atoms with Gasteiger partial charge in [0.1, 0.15) is 0 Å². The number of rotatable bonds is 4. The molecular formula is C21H26ClN3. The Hall–Kier alpha value is -2.00. The van der Waals surface area contributed by atoms with Crippen molar-refractivity contribution in [3.05, 3.63) is 71.8 Å². The van der Waals surface area contributed by atoms with Crippen molar-refractivity contribution in [2.45, 2.75) is 50.2 Å². The number of benzene rings is 2. The molecule has 2 N–H and O–H groups in total. The third-order valence-electron chi connectivity index (χ3n) is 5.46. The monoisotopic (exact) mass is 355 g/mol. The highest BCUT2D eigenvalue weighted by molar-refractivity contribution is 5.85. The predicted octanol–water partition coefficient (Wildman–Crippen LogP) is 4.33. The normalized spacial score (nSPS) is 25.0. The van der Waals surface area contributed by atoms with E-state index in [1.807, 2.05) is 0 Å². The highest BCUT2D eigenvalue weighted by atomic mass is 35.5. The van der Waals surface area contributed by atoms with Gasteiger partial charge in [0.05, 0.1) is 6.04 Å². The molecule has 4 heteroatoms. The molecule has 3 atom stereocenters. The van der Waals surface area contributed by atoms with Crippen LogP contribution in [-0.2, 0) is 6.42 Å². The summed E-state index contributed by atoms with van der Waals surface area (Å²) in [4.78, 5) is 7.23. The molecule has 4 rings (SSSR count). The molecule has 0 unspecified atom stereocenters. The number of nitrogens with zero attached hydrogens (tertiary/aromatic N) is 2. The van der Waals surface area contributed by atoms with Gasteiger partial charge in [-0.15, -0.1) is 12.4 Å². The summed E-state index contributed by atoms with van der Waals surface area (Å²) in [6, 6.07) is 22.6. The molecule has 0 aromatic heterocycles. The number of hydrogen-bond donors (Lipinski definition) is 1. The van der Waals surface area contributed by atoms with Crippen LogP contribution in [0, 0.1) is 0 Å². The Bertz CT molecular complexity index is 702. The lowest BCUT2D eigenvalue weighted by Gasteiger charge is -2.37. The Morgan fingerprint density at radius 1 is 0.960 bits per heavy atom. The molecule has 0 aliphatic carbocycles. The Morgan fingerprint density at radius 2 is 1.64 bits per heavy atom. The van der Waals surface area contributed by atoms with Crippen LogP contribution in [0.1, 0.15) is 42.9 Å². The lowest BCUT2D eigenvalue weighted by Crippen LogP contribution is -2.48. The summed E-state index contributed by atoms with van der Waals surface area (Å²) >= 11 is 0. The van der Waals surface area contributed by atoms with Crippen molar-refractivity contribution in [3.8, 4) is 0 Å². The van der Waals surface area contributed by atoms with Crippen LogP contribution < -0.4 is 5.73 Å². The molecular weight excluding hydrogens is 330 g/mol. The highest BCUT2D eigenvalue weighted by Gasteiger charge is 2.39. The number of fused-ring (bicyclic) bond motifs is 1. The minimum Gasteiger partial charge on any atom is -0.370 e. The molecule has 2 aliphatic rings. The average molecular weight is 356 g/mol. The van der Waals surface area contributed by atoms with E-state index in [-0.39, 0.29) is 18.4 Å². The number of nitrogens with two attached hydrogens (primary N) is 1. The van der Waals surface area contributed by atoms with Crippen molar-refractivity contribution in [2.24, 2.45) is 10.7 Å². The summed E-state index contributed by atoms with van der Waals surface area (Å²) in [5, 5.41) is 0. The fourth-order valence-corrected chi connectivity index (χ4v) is 4.25. The maximum absolute atomic E-state index is 6.38. The van der Waals surface area contributed by atoms with Crippen LogP contribution in [0.25, 0.3) is 0 Å². The van der Waals surface area contributed by atoms with Crippen molar-refractivity contribution in [3.63, 3.8) is 0 Å². The number of hydrogen-bond acceptors (Lipinski definition) is 3. The van der Waals surface area contributed by atoms with E-state index in [0.29, 0.717) is 12.1 Å². The van der Waals surface area contributed by atoms with Gasteiger partial charge in [0.15, 0.2) is 5.96 Å².